The van der Waals surface area contributed by atoms with Crippen LogP contribution in [-0.2, 0) is 16.1 Å². The summed E-state index contributed by atoms with van der Waals surface area (Å²) in [5, 5.41) is 2.88. The molecule has 1 N–H and O–H groups in total. The Morgan fingerprint density at radius 1 is 1.35 bits per heavy atom. The van der Waals surface area contributed by atoms with Gasteiger partial charge in [-0.3, -0.25) is 9.59 Å². The minimum Gasteiger partial charge on any atom is -0.497 e. The van der Waals surface area contributed by atoms with E-state index in [1.165, 1.54) is 0 Å². The van der Waals surface area contributed by atoms with Gasteiger partial charge in [-0.2, -0.15) is 0 Å². The van der Waals surface area contributed by atoms with Crippen molar-refractivity contribution < 1.29 is 19.1 Å². The Balaban J connectivity index is 1.62. The molecule has 2 amide bonds. The van der Waals surface area contributed by atoms with Gasteiger partial charge in [0.25, 0.3) is 0 Å². The maximum Gasteiger partial charge on any atom is 0.227 e. The Kier molecular flexibility index (Phi) is 5.40. The third kappa shape index (κ3) is 3.79. The van der Waals surface area contributed by atoms with Gasteiger partial charge >= 0.3 is 0 Å². The topological polar surface area (TPSA) is 85.7 Å². The quantitative estimate of drug-likeness (QED) is 0.800. The Morgan fingerprint density at radius 2 is 2.19 bits per heavy atom. The van der Waals surface area contributed by atoms with Crippen LogP contribution >= 0.6 is 0 Å². The number of amides is 2. The van der Waals surface area contributed by atoms with Crippen LogP contribution < -0.4 is 19.7 Å². The van der Waals surface area contributed by atoms with E-state index >= 15 is 0 Å². The van der Waals surface area contributed by atoms with Gasteiger partial charge in [-0.05, 0) is 12.1 Å². The van der Waals surface area contributed by atoms with Crippen molar-refractivity contribution >= 4 is 17.5 Å². The van der Waals surface area contributed by atoms with E-state index in [1.54, 1.807) is 49.8 Å². The van der Waals surface area contributed by atoms with E-state index in [-0.39, 0.29) is 24.2 Å². The largest absolute Gasteiger partial charge is 0.497 e. The number of hydrogen-bond acceptors (Lipinski definition) is 5. The first-order valence-electron chi connectivity index (χ1n) is 8.38. The highest BCUT2D eigenvalue weighted by atomic mass is 16.5. The van der Waals surface area contributed by atoms with Crippen molar-refractivity contribution in [2.45, 2.75) is 13.0 Å². The fourth-order valence-corrected chi connectivity index (χ4v) is 3.00. The maximum atomic E-state index is 12.4. The molecule has 1 aliphatic rings. The molecule has 0 bridgehead atoms. The van der Waals surface area contributed by atoms with E-state index in [4.69, 9.17) is 9.47 Å². The molecule has 1 aromatic carbocycles. The number of methoxy groups -OCH3 is 2. The van der Waals surface area contributed by atoms with Crippen LogP contribution in [-0.4, -0.2) is 48.7 Å². The van der Waals surface area contributed by atoms with Crippen molar-refractivity contribution in [2.24, 2.45) is 5.92 Å². The van der Waals surface area contributed by atoms with Gasteiger partial charge in [0, 0.05) is 44.5 Å². The molecule has 2 heterocycles. The predicted octanol–water partition coefficient (Wildman–Crippen LogP) is 1.07. The molecule has 0 aliphatic carbocycles. The number of nitrogens with one attached hydrogen (secondary N) is 1. The summed E-state index contributed by atoms with van der Waals surface area (Å²) >= 11 is 0. The Hall–Kier alpha value is -3.03. The first-order chi connectivity index (χ1) is 12.6. The highest BCUT2D eigenvalue weighted by molar-refractivity contribution is 6.01. The molecule has 0 spiro atoms. The van der Waals surface area contributed by atoms with Gasteiger partial charge in [-0.25, -0.2) is 4.98 Å². The third-order valence-corrected chi connectivity index (χ3v) is 4.40. The van der Waals surface area contributed by atoms with E-state index in [0.29, 0.717) is 36.8 Å². The highest BCUT2D eigenvalue weighted by Gasteiger charge is 2.36. The monoisotopic (exact) mass is 358 g/mol. The molecule has 1 fully saturated rings. The van der Waals surface area contributed by atoms with Crippen LogP contribution in [0.2, 0.25) is 0 Å². The number of ether oxygens (including phenoxy) is 2. The average molecular weight is 358 g/mol. The first kappa shape index (κ1) is 17.8. The van der Waals surface area contributed by atoms with Crippen LogP contribution in [0.25, 0.3) is 0 Å². The normalized spacial score (nSPS) is 16.6. The molecule has 138 valence electrons. The molecular weight excluding hydrogens is 336 g/mol. The first-order valence-corrected chi connectivity index (χ1v) is 8.38. The van der Waals surface area contributed by atoms with E-state index in [2.05, 4.69) is 10.3 Å². The molecule has 1 aliphatic heterocycles. The standard InChI is InChI=1S/C18H22N4O4/c1-25-14-3-4-15(16(10-14)26-2)22-11-13(9-17(22)23)18(24)20-6-8-21-7-5-19-12-21/h3-5,7,10,12-13H,6,8-9,11H2,1-2H3,(H,20,24). The molecule has 8 heteroatoms. The summed E-state index contributed by atoms with van der Waals surface area (Å²) in [5.41, 5.74) is 0.645. The summed E-state index contributed by atoms with van der Waals surface area (Å²) in [7, 11) is 3.11. The second-order valence-electron chi connectivity index (χ2n) is 6.03. The zero-order chi connectivity index (χ0) is 18.5. The maximum absolute atomic E-state index is 12.4. The van der Waals surface area contributed by atoms with Crippen molar-refractivity contribution in [1.82, 2.24) is 14.9 Å². The number of nitrogens with zero attached hydrogens (tertiary/aromatic N) is 3. The molecule has 8 nitrogen and oxygen atoms in total. The van der Waals surface area contributed by atoms with Crippen molar-refractivity contribution in [1.29, 1.82) is 0 Å². The number of anilines is 1. The van der Waals surface area contributed by atoms with Crippen molar-refractivity contribution in [3.8, 4) is 11.5 Å². The number of hydrogen-bond donors (Lipinski definition) is 1. The number of imidazole rings is 1. The van der Waals surface area contributed by atoms with E-state index < -0.39 is 0 Å². The van der Waals surface area contributed by atoms with Crippen molar-refractivity contribution in [3.05, 3.63) is 36.9 Å². The van der Waals surface area contributed by atoms with E-state index in [9.17, 15) is 9.59 Å². The summed E-state index contributed by atoms with van der Waals surface area (Å²) in [5.74, 6) is 0.596. The van der Waals surface area contributed by atoms with E-state index in [0.717, 1.165) is 0 Å². The minimum absolute atomic E-state index is 0.0942. The molecular formula is C18H22N4O4. The molecule has 0 radical (unpaired) electrons. The summed E-state index contributed by atoms with van der Waals surface area (Å²) in [4.78, 5) is 30.4. The number of aromatic nitrogens is 2. The number of carbonyl (C=O) groups is 2. The molecule has 3 rings (SSSR count). The molecule has 26 heavy (non-hydrogen) atoms. The third-order valence-electron chi connectivity index (χ3n) is 4.40. The van der Waals surface area contributed by atoms with Crippen LogP contribution in [0, 0.1) is 5.92 Å². The Labute approximate surface area is 151 Å². The Bertz CT molecular complexity index is 776. The van der Waals surface area contributed by atoms with Gasteiger partial charge in [-0.1, -0.05) is 0 Å². The van der Waals surface area contributed by atoms with Crippen LogP contribution in [0.3, 0.4) is 0 Å². The molecule has 1 saturated heterocycles. The number of benzene rings is 1. The zero-order valence-electron chi connectivity index (χ0n) is 14.8. The summed E-state index contributed by atoms with van der Waals surface area (Å²) in [6.07, 6.45) is 5.41. The lowest BCUT2D eigenvalue weighted by Gasteiger charge is -2.20. The molecule has 2 aromatic rings. The molecule has 0 saturated carbocycles. The van der Waals surface area contributed by atoms with Gasteiger partial charge in [0.15, 0.2) is 0 Å². The summed E-state index contributed by atoms with van der Waals surface area (Å²) in [6, 6.07) is 5.26. The van der Waals surface area contributed by atoms with Gasteiger partial charge in [0.1, 0.15) is 11.5 Å². The van der Waals surface area contributed by atoms with Crippen LogP contribution in [0.5, 0.6) is 11.5 Å². The molecule has 1 unspecified atom stereocenters. The predicted molar refractivity (Wildman–Crippen MR) is 95.2 cm³/mol. The smallest absolute Gasteiger partial charge is 0.227 e. The lowest BCUT2D eigenvalue weighted by atomic mass is 10.1. The van der Waals surface area contributed by atoms with Crippen molar-refractivity contribution in [2.75, 3.05) is 32.2 Å². The van der Waals surface area contributed by atoms with Crippen LogP contribution in [0.15, 0.2) is 36.9 Å². The molecule has 1 atom stereocenters. The van der Waals surface area contributed by atoms with Crippen molar-refractivity contribution in [3.63, 3.8) is 0 Å². The van der Waals surface area contributed by atoms with Crippen LogP contribution in [0.4, 0.5) is 5.69 Å². The fraction of sp³-hybridized carbons (Fsp3) is 0.389. The second-order valence-corrected chi connectivity index (χ2v) is 6.03. The molecule has 1 aromatic heterocycles. The lowest BCUT2D eigenvalue weighted by molar-refractivity contribution is -0.126. The minimum atomic E-state index is -0.378. The van der Waals surface area contributed by atoms with Crippen LogP contribution in [0.1, 0.15) is 6.42 Å². The number of rotatable bonds is 7. The SMILES string of the molecule is COc1ccc(N2CC(C(=O)NCCn3ccnc3)CC2=O)c(OC)c1. The lowest BCUT2D eigenvalue weighted by Crippen LogP contribution is -2.34. The van der Waals surface area contributed by atoms with Gasteiger partial charge < -0.3 is 24.3 Å². The second kappa shape index (κ2) is 7.90. The Morgan fingerprint density at radius 3 is 2.88 bits per heavy atom. The highest BCUT2D eigenvalue weighted by Crippen LogP contribution is 2.35. The van der Waals surface area contributed by atoms with Gasteiger partial charge in [0.2, 0.25) is 11.8 Å². The summed E-state index contributed by atoms with van der Waals surface area (Å²) in [6.45, 7) is 1.46. The summed E-state index contributed by atoms with van der Waals surface area (Å²) < 4.78 is 12.4. The van der Waals surface area contributed by atoms with Gasteiger partial charge in [0.05, 0.1) is 32.2 Å². The zero-order valence-corrected chi connectivity index (χ0v) is 14.8. The average Bonchev–Trinajstić information content (AvgIpc) is 3.30. The van der Waals surface area contributed by atoms with E-state index in [1.807, 2.05) is 10.8 Å². The number of carbonyl (C=O) groups excluding carboxylic acids is 2. The van der Waals surface area contributed by atoms with Gasteiger partial charge in [-0.15, -0.1) is 0 Å². The fourth-order valence-electron chi connectivity index (χ4n) is 3.00.